The molecule has 2 N–H and O–H groups in total. The van der Waals surface area contributed by atoms with Crippen LogP contribution in [-0.4, -0.2) is 41.0 Å². The number of ether oxygens (including phenoxy) is 2. The van der Waals surface area contributed by atoms with Gasteiger partial charge in [0.2, 0.25) is 0 Å². The second kappa shape index (κ2) is 44.1. The summed E-state index contributed by atoms with van der Waals surface area (Å²) in [4.78, 5) is 43.1. The van der Waals surface area contributed by atoms with Crippen LogP contribution in [0, 0.1) is 5.92 Å². The first-order valence-electron chi connectivity index (χ1n) is 25.2. The van der Waals surface area contributed by atoms with Gasteiger partial charge in [0.25, 0.3) is 0 Å². The molecule has 0 rings (SSSR count). The Kier molecular flexibility index (Phi) is 43.4. The monoisotopic (exact) mass is 845 g/mol. The molecule has 0 spiro atoms. The van der Waals surface area contributed by atoms with Crippen LogP contribution in [0.25, 0.3) is 0 Å². The zero-order valence-electron chi connectivity index (χ0n) is 38.6. The van der Waals surface area contributed by atoms with Gasteiger partial charge in [0.05, 0.1) is 6.61 Å². The van der Waals surface area contributed by atoms with Crippen LogP contribution >= 0.6 is 7.82 Å². The van der Waals surface area contributed by atoms with Gasteiger partial charge in [-0.1, -0.05) is 252 Å². The zero-order valence-corrected chi connectivity index (χ0v) is 39.5. The maximum Gasteiger partial charge on any atom is 0.469 e. The van der Waals surface area contributed by atoms with E-state index in [1.54, 1.807) is 0 Å². The predicted molar refractivity (Wildman–Crippen MR) is 244 cm³/mol. The first-order chi connectivity index (χ1) is 28.1. The van der Waals surface area contributed by atoms with Crippen molar-refractivity contribution in [1.82, 2.24) is 0 Å². The van der Waals surface area contributed by atoms with Gasteiger partial charge in [0.15, 0.2) is 6.10 Å². The fourth-order valence-corrected chi connectivity index (χ4v) is 8.16. The number of rotatable bonds is 47. The summed E-state index contributed by atoms with van der Waals surface area (Å²) in [5.74, 6) is -0.0128. The third kappa shape index (κ3) is 47.7. The SMILES string of the molecule is CCCCCCCCCCCCCCCCCCCCCC(=O)OC[C@H](COP(=O)(O)O)OC(=O)CCCCCCCCCCCCCCCCCCCCC(C)C. The standard InChI is InChI=1S/C49H97O8P/c1-4-5-6-7-8-9-10-11-12-13-14-18-21-24-27-30-33-36-39-42-48(50)55-44-47(45-56-58(52,53)54)57-49(51)43-40-37-34-31-28-25-22-19-16-15-17-20-23-26-29-32-35-38-41-46(2)3/h46-47H,4-45H2,1-3H3,(H2,52,53,54)/t47-/m1/s1. The molecule has 0 aromatic carbocycles. The van der Waals surface area contributed by atoms with E-state index in [0.29, 0.717) is 6.42 Å². The van der Waals surface area contributed by atoms with E-state index in [4.69, 9.17) is 19.3 Å². The molecule has 0 bridgehead atoms. The van der Waals surface area contributed by atoms with Crippen LogP contribution < -0.4 is 0 Å². The van der Waals surface area contributed by atoms with Crippen molar-refractivity contribution in [3.05, 3.63) is 0 Å². The summed E-state index contributed by atoms with van der Waals surface area (Å²) in [6, 6.07) is 0. The molecule has 58 heavy (non-hydrogen) atoms. The van der Waals surface area contributed by atoms with Crippen LogP contribution in [0.2, 0.25) is 0 Å². The number of unbranched alkanes of at least 4 members (excludes halogenated alkanes) is 35. The van der Waals surface area contributed by atoms with Crippen molar-refractivity contribution in [3.8, 4) is 0 Å². The minimum Gasteiger partial charge on any atom is -0.462 e. The summed E-state index contributed by atoms with van der Waals surface area (Å²) in [6.45, 7) is 6.11. The van der Waals surface area contributed by atoms with Gasteiger partial charge < -0.3 is 19.3 Å². The largest absolute Gasteiger partial charge is 0.469 e. The highest BCUT2D eigenvalue weighted by Gasteiger charge is 2.23. The second-order valence-corrected chi connectivity index (χ2v) is 19.2. The summed E-state index contributed by atoms with van der Waals surface area (Å²) in [5, 5.41) is 0. The van der Waals surface area contributed by atoms with Crippen LogP contribution in [0.1, 0.15) is 278 Å². The number of carbonyl (C=O) groups is 2. The van der Waals surface area contributed by atoms with E-state index in [9.17, 15) is 14.2 Å². The minimum absolute atomic E-state index is 0.220. The molecule has 1 atom stereocenters. The first kappa shape index (κ1) is 57.1. The van der Waals surface area contributed by atoms with Crippen molar-refractivity contribution in [2.75, 3.05) is 13.2 Å². The number of hydrogen-bond acceptors (Lipinski definition) is 6. The molecule has 0 unspecified atom stereocenters. The van der Waals surface area contributed by atoms with Crippen LogP contribution in [0.4, 0.5) is 0 Å². The zero-order chi connectivity index (χ0) is 42.6. The van der Waals surface area contributed by atoms with Crippen LogP contribution in [0.3, 0.4) is 0 Å². The van der Waals surface area contributed by atoms with E-state index >= 15 is 0 Å². The van der Waals surface area contributed by atoms with Gasteiger partial charge in [-0.25, -0.2) is 4.57 Å². The van der Waals surface area contributed by atoms with Gasteiger partial charge in [-0.15, -0.1) is 0 Å². The Hall–Kier alpha value is -0.950. The summed E-state index contributed by atoms with van der Waals surface area (Å²) < 4.78 is 26.5. The van der Waals surface area contributed by atoms with Crippen molar-refractivity contribution < 1.29 is 37.9 Å². The predicted octanol–water partition coefficient (Wildman–Crippen LogP) is 15.8. The summed E-state index contributed by atoms with van der Waals surface area (Å²) in [5.41, 5.74) is 0. The van der Waals surface area contributed by atoms with Crippen molar-refractivity contribution >= 4 is 19.8 Å². The average Bonchev–Trinajstić information content (AvgIpc) is 3.18. The van der Waals surface area contributed by atoms with Gasteiger partial charge in [-0.05, 0) is 18.8 Å². The molecule has 9 heteroatoms. The summed E-state index contributed by atoms with van der Waals surface area (Å²) in [7, 11) is -4.75. The van der Waals surface area contributed by atoms with E-state index in [1.807, 2.05) is 0 Å². The molecule has 0 radical (unpaired) electrons. The molecule has 0 fully saturated rings. The Morgan fingerprint density at radius 1 is 0.431 bits per heavy atom. The highest BCUT2D eigenvalue weighted by molar-refractivity contribution is 7.46. The Morgan fingerprint density at radius 2 is 0.724 bits per heavy atom. The van der Waals surface area contributed by atoms with Crippen molar-refractivity contribution in [2.45, 2.75) is 284 Å². The van der Waals surface area contributed by atoms with Crippen molar-refractivity contribution in [1.29, 1.82) is 0 Å². The van der Waals surface area contributed by atoms with E-state index in [0.717, 1.165) is 38.0 Å². The van der Waals surface area contributed by atoms with Gasteiger partial charge in [-0.2, -0.15) is 0 Å². The highest BCUT2D eigenvalue weighted by Crippen LogP contribution is 2.36. The third-order valence-electron chi connectivity index (χ3n) is 11.6. The Labute approximate surface area is 359 Å². The number of phosphoric acid groups is 1. The van der Waals surface area contributed by atoms with E-state index in [1.165, 1.54) is 205 Å². The quantitative estimate of drug-likeness (QED) is 0.0353. The molecular formula is C49H97O8P. The van der Waals surface area contributed by atoms with Crippen LogP contribution in [0.5, 0.6) is 0 Å². The average molecular weight is 845 g/mol. The topological polar surface area (TPSA) is 119 Å². The lowest BCUT2D eigenvalue weighted by Gasteiger charge is -2.18. The lowest BCUT2D eigenvalue weighted by Crippen LogP contribution is -2.29. The van der Waals surface area contributed by atoms with Crippen LogP contribution in [0.15, 0.2) is 0 Å². The molecular weight excluding hydrogens is 748 g/mol. The number of hydrogen-bond donors (Lipinski definition) is 2. The fourth-order valence-electron chi connectivity index (χ4n) is 7.80. The molecule has 0 amide bonds. The lowest BCUT2D eigenvalue weighted by molar-refractivity contribution is -0.161. The Bertz CT molecular complexity index is 922. The molecule has 0 saturated heterocycles. The van der Waals surface area contributed by atoms with Crippen molar-refractivity contribution in [2.24, 2.45) is 5.92 Å². The summed E-state index contributed by atoms with van der Waals surface area (Å²) in [6.07, 6.45) is 48.4. The summed E-state index contributed by atoms with van der Waals surface area (Å²) >= 11 is 0. The molecule has 0 aromatic heterocycles. The lowest BCUT2D eigenvalue weighted by atomic mass is 10.0. The van der Waals surface area contributed by atoms with Crippen molar-refractivity contribution in [3.63, 3.8) is 0 Å². The number of carbonyl (C=O) groups excluding carboxylic acids is 2. The number of esters is 2. The molecule has 0 aliphatic rings. The maximum absolute atomic E-state index is 12.5. The van der Waals surface area contributed by atoms with E-state index in [2.05, 4.69) is 25.3 Å². The molecule has 0 saturated carbocycles. The van der Waals surface area contributed by atoms with Crippen LogP contribution in [-0.2, 0) is 28.2 Å². The smallest absolute Gasteiger partial charge is 0.462 e. The molecule has 8 nitrogen and oxygen atoms in total. The Morgan fingerprint density at radius 3 is 1.03 bits per heavy atom. The minimum atomic E-state index is -4.75. The molecule has 0 aliphatic heterocycles. The number of phosphoric ester groups is 1. The molecule has 0 heterocycles. The maximum atomic E-state index is 12.5. The normalized spacial score (nSPS) is 12.4. The third-order valence-corrected chi connectivity index (χ3v) is 12.0. The van der Waals surface area contributed by atoms with Gasteiger partial charge in [-0.3, -0.25) is 14.1 Å². The van der Waals surface area contributed by atoms with E-state index < -0.39 is 32.5 Å². The second-order valence-electron chi connectivity index (χ2n) is 18.0. The van der Waals surface area contributed by atoms with E-state index in [-0.39, 0.29) is 19.4 Å². The fraction of sp³-hybridized carbons (Fsp3) is 0.959. The first-order valence-corrected chi connectivity index (χ1v) is 26.7. The van der Waals surface area contributed by atoms with Gasteiger partial charge in [0.1, 0.15) is 6.61 Å². The molecule has 0 aliphatic carbocycles. The molecule has 0 aromatic rings. The Balaban J connectivity index is 3.77. The highest BCUT2D eigenvalue weighted by atomic mass is 31.2. The van der Waals surface area contributed by atoms with Gasteiger partial charge >= 0.3 is 19.8 Å². The molecule has 346 valence electrons. The van der Waals surface area contributed by atoms with Gasteiger partial charge in [0, 0.05) is 12.8 Å².